The molecule has 4 fully saturated rings. The molecule has 6 heterocycles. The number of benzene rings is 3. The maximum Gasteiger partial charge on any atom is 0.410 e. The number of anilines is 2. The van der Waals surface area contributed by atoms with Crippen molar-refractivity contribution in [3.05, 3.63) is 114 Å². The molecule has 1 unspecified atom stereocenters. The van der Waals surface area contributed by atoms with Gasteiger partial charge in [-0.3, -0.25) is 9.59 Å². The van der Waals surface area contributed by atoms with E-state index in [0.717, 1.165) is 100 Å². The Balaban J connectivity index is 0.000000208. The quantitative estimate of drug-likeness (QED) is 0.0670. The van der Waals surface area contributed by atoms with Gasteiger partial charge < -0.3 is 41.2 Å². The first-order valence-corrected chi connectivity index (χ1v) is 30.1. The molecule has 2 aliphatic carbocycles. The van der Waals surface area contributed by atoms with Crippen LogP contribution in [0, 0.1) is 11.8 Å². The predicted octanol–water partition coefficient (Wildman–Crippen LogP) is 11.0. The zero-order valence-corrected chi connectivity index (χ0v) is 48.9. The van der Waals surface area contributed by atoms with Crippen molar-refractivity contribution in [2.24, 2.45) is 11.8 Å². The summed E-state index contributed by atoms with van der Waals surface area (Å²) in [6, 6.07) is 24.0. The standard InChI is InChI=1S/C35H41ClN6O5S.C24H29ClN6O.ClH/c1-35(2,3)47-34(44)41-18-10-11-23(21-41)32(43)38-24-12-9-13-25(19-24)39-33-37-20-29(36)31(40-33)28-22-42(30-17-8-7-16-27(28)30)48(45,46)26-14-5-4-6-15-26;25-20-14-28-24(31-22(20)19-13-27-21-9-2-1-8-18(19)21)30-17-7-3-6-16(11-17)29-23(32)15-5-4-10-26-12-15;/h4-8,14-17,20,22-25H,9-13,18-19,21H2,1-3H3,(H,38,43)(H,37,39,40);1-2,8-9,13-17,26-27H,3-7,10-12H2,(H,29,32)(H,28,30,31);1H/t23?,24-,25+;15-,16+,17-;/m01./s1. The first-order chi connectivity index (χ1) is 38.6. The zero-order chi connectivity index (χ0) is 56.0. The number of amides is 3. The molecule has 0 spiro atoms. The van der Waals surface area contributed by atoms with Crippen LogP contribution in [0.5, 0.6) is 0 Å². The van der Waals surface area contributed by atoms with E-state index in [4.69, 9.17) is 37.9 Å². The fourth-order valence-corrected chi connectivity index (χ4v) is 13.2. The second-order valence-corrected chi connectivity index (χ2v) is 25.1. The molecule has 2 saturated heterocycles. The average Bonchev–Trinajstić information content (AvgIpc) is 3.76. The van der Waals surface area contributed by atoms with Gasteiger partial charge in [0.25, 0.3) is 10.0 Å². The molecule has 2 saturated carbocycles. The molecule has 6 N–H and O–H groups in total. The third-order valence-corrected chi connectivity index (χ3v) is 17.6. The van der Waals surface area contributed by atoms with Gasteiger partial charge in [0.2, 0.25) is 23.7 Å². The molecule has 3 aromatic carbocycles. The number of hydrogen-bond donors (Lipinski definition) is 6. The second kappa shape index (κ2) is 26.2. The number of aromatic amines is 1. The Labute approximate surface area is 489 Å². The number of H-pyrrole nitrogens is 1. The van der Waals surface area contributed by atoms with E-state index in [1.54, 1.807) is 59.8 Å². The highest BCUT2D eigenvalue weighted by Crippen LogP contribution is 2.37. The summed E-state index contributed by atoms with van der Waals surface area (Å²) in [6.45, 7) is 8.23. The summed E-state index contributed by atoms with van der Waals surface area (Å²) in [5.74, 6) is 0.899. The SMILES string of the molecule is CC(C)(C)OC(=O)N1CCCC(C(=O)N[C@H]2CCC[C@@H](Nc3ncc(Cl)c(-c4cn(S(=O)(=O)c5ccccc5)c5ccccc45)n3)C2)C1.Cl.O=C(N[C@H]1CCC[C@@H](Nc2ncc(Cl)c(-c3c[nH]c4ccccc34)n2)C1)[C@@H]1CCCNC1. The van der Waals surface area contributed by atoms with Crippen molar-refractivity contribution in [1.82, 2.24) is 49.7 Å². The van der Waals surface area contributed by atoms with Crippen LogP contribution < -0.4 is 26.6 Å². The molecule has 3 amide bonds. The van der Waals surface area contributed by atoms with Gasteiger partial charge in [-0.2, -0.15) is 0 Å². The van der Waals surface area contributed by atoms with Crippen LogP contribution in [-0.2, 0) is 24.3 Å². The number of likely N-dealkylation sites (tertiary alicyclic amines) is 1. The van der Waals surface area contributed by atoms with Gasteiger partial charge in [-0.05, 0) is 129 Å². The third kappa shape index (κ3) is 14.4. The summed E-state index contributed by atoms with van der Waals surface area (Å²) in [4.78, 5) is 62.0. The summed E-state index contributed by atoms with van der Waals surface area (Å²) >= 11 is 13.1. The maximum atomic E-state index is 13.6. The molecule has 11 rings (SSSR count). The zero-order valence-electron chi connectivity index (χ0n) is 45.8. The van der Waals surface area contributed by atoms with Crippen molar-refractivity contribution in [3.63, 3.8) is 0 Å². The highest BCUT2D eigenvalue weighted by atomic mass is 35.5. The van der Waals surface area contributed by atoms with Crippen LogP contribution in [0.4, 0.5) is 16.7 Å². The Morgan fingerprint density at radius 2 is 1.25 bits per heavy atom. The predicted molar refractivity (Wildman–Crippen MR) is 320 cm³/mol. The molecule has 0 radical (unpaired) electrons. The number of para-hydroxylation sites is 2. The number of aromatic nitrogens is 6. The van der Waals surface area contributed by atoms with E-state index >= 15 is 0 Å². The van der Waals surface area contributed by atoms with E-state index in [2.05, 4.69) is 47.6 Å². The van der Waals surface area contributed by atoms with Gasteiger partial charge in [-0.1, -0.05) is 77.8 Å². The summed E-state index contributed by atoms with van der Waals surface area (Å²) in [5, 5.41) is 19.3. The molecule has 0 bridgehead atoms. The monoisotopic (exact) mass is 1180 g/mol. The number of carbonyl (C=O) groups is 3. The van der Waals surface area contributed by atoms with Gasteiger partial charge in [-0.25, -0.2) is 37.1 Å². The molecule has 4 aromatic heterocycles. The van der Waals surface area contributed by atoms with Gasteiger partial charge in [0, 0.05) is 83.6 Å². The Morgan fingerprint density at radius 3 is 1.88 bits per heavy atom. The summed E-state index contributed by atoms with van der Waals surface area (Å²) in [5.41, 5.74) is 3.64. The van der Waals surface area contributed by atoms with Gasteiger partial charge in [0.05, 0.1) is 56.1 Å². The highest BCUT2D eigenvalue weighted by molar-refractivity contribution is 7.90. The van der Waals surface area contributed by atoms with E-state index in [1.165, 1.54) is 10.2 Å². The van der Waals surface area contributed by atoms with Crippen LogP contribution in [-0.4, -0.2) is 116 Å². The number of ether oxygens (including phenoxy) is 1. The Bertz CT molecular complexity index is 3440. The lowest BCUT2D eigenvalue weighted by molar-refractivity contribution is -0.128. The van der Waals surface area contributed by atoms with Crippen molar-refractivity contribution >= 4 is 97.2 Å². The summed E-state index contributed by atoms with van der Waals surface area (Å²) in [7, 11) is -3.88. The van der Waals surface area contributed by atoms with Crippen molar-refractivity contribution in [2.45, 2.75) is 132 Å². The number of carbonyl (C=O) groups excluding carboxylic acids is 3. The minimum Gasteiger partial charge on any atom is -0.444 e. The molecule has 81 heavy (non-hydrogen) atoms. The van der Waals surface area contributed by atoms with Crippen molar-refractivity contribution < 1.29 is 27.5 Å². The van der Waals surface area contributed by atoms with Gasteiger partial charge in [0.1, 0.15) is 5.60 Å². The molecular formula is C59H71Cl3N12O6S. The van der Waals surface area contributed by atoms with E-state index < -0.39 is 15.6 Å². The van der Waals surface area contributed by atoms with E-state index in [9.17, 15) is 22.8 Å². The smallest absolute Gasteiger partial charge is 0.410 e. The number of nitrogens with one attached hydrogen (secondary N) is 6. The molecule has 7 aromatic rings. The summed E-state index contributed by atoms with van der Waals surface area (Å²) in [6.07, 6.45) is 17.1. The molecule has 430 valence electrons. The highest BCUT2D eigenvalue weighted by Gasteiger charge is 2.34. The van der Waals surface area contributed by atoms with Gasteiger partial charge in [-0.15, -0.1) is 12.4 Å². The number of rotatable bonds is 12. The fraction of sp³-hybridized carbons (Fsp3) is 0.441. The summed E-state index contributed by atoms with van der Waals surface area (Å²) < 4.78 is 34.1. The van der Waals surface area contributed by atoms with Crippen LogP contribution in [0.3, 0.4) is 0 Å². The molecule has 22 heteroatoms. The lowest BCUT2D eigenvalue weighted by atomic mass is 9.90. The topological polar surface area (TPSA) is 230 Å². The van der Waals surface area contributed by atoms with Crippen LogP contribution in [0.1, 0.15) is 97.8 Å². The van der Waals surface area contributed by atoms with Crippen LogP contribution >= 0.6 is 35.6 Å². The number of hydrogen-bond acceptors (Lipinski definition) is 13. The van der Waals surface area contributed by atoms with Crippen molar-refractivity contribution in [2.75, 3.05) is 36.8 Å². The van der Waals surface area contributed by atoms with Gasteiger partial charge in [0.15, 0.2) is 0 Å². The molecule has 4 aliphatic rings. The second-order valence-electron chi connectivity index (χ2n) is 22.4. The van der Waals surface area contributed by atoms with Crippen LogP contribution in [0.25, 0.3) is 44.3 Å². The van der Waals surface area contributed by atoms with E-state index in [1.807, 2.05) is 57.3 Å². The maximum absolute atomic E-state index is 13.6. The lowest BCUT2D eigenvalue weighted by Gasteiger charge is -2.35. The Hall–Kier alpha value is -6.51. The molecule has 6 atom stereocenters. The molecular weight excluding hydrogens is 1110 g/mol. The van der Waals surface area contributed by atoms with Crippen LogP contribution in [0.15, 0.2) is 109 Å². The van der Waals surface area contributed by atoms with E-state index in [0.29, 0.717) is 69.3 Å². The fourth-order valence-electron chi connectivity index (χ4n) is 11.4. The molecule has 2 aliphatic heterocycles. The van der Waals surface area contributed by atoms with E-state index in [-0.39, 0.29) is 71.2 Å². The van der Waals surface area contributed by atoms with Crippen LogP contribution in [0.2, 0.25) is 10.0 Å². The average molecular weight is 1180 g/mol. The normalized spacial score (nSPS) is 21.4. The minimum atomic E-state index is -3.88. The van der Waals surface area contributed by atoms with Gasteiger partial charge >= 0.3 is 6.09 Å². The molecule has 18 nitrogen and oxygen atoms in total. The first kappa shape index (κ1) is 59.1. The number of fused-ring (bicyclic) bond motifs is 2. The van der Waals surface area contributed by atoms with Crippen molar-refractivity contribution in [3.8, 4) is 22.5 Å². The third-order valence-electron chi connectivity index (χ3n) is 15.4. The Kier molecular flexibility index (Phi) is 19.1. The number of nitrogens with zero attached hydrogens (tertiary/aromatic N) is 6. The lowest BCUT2D eigenvalue weighted by Crippen LogP contribution is -2.50. The largest absolute Gasteiger partial charge is 0.444 e. The van der Waals surface area contributed by atoms with Crippen molar-refractivity contribution in [1.29, 1.82) is 0 Å². The number of halogens is 3. The first-order valence-electron chi connectivity index (χ1n) is 27.9. The number of piperidine rings is 2. The minimum absolute atomic E-state index is 0. The Morgan fingerprint density at radius 1 is 0.679 bits per heavy atom.